The van der Waals surface area contributed by atoms with E-state index >= 15 is 0 Å². The van der Waals surface area contributed by atoms with Crippen LogP contribution in [0.3, 0.4) is 0 Å². The monoisotopic (exact) mass is 428 g/mol. The maximum atomic E-state index is 14.9. The molecule has 0 amide bonds. The lowest BCUT2D eigenvalue weighted by atomic mass is 9.60. The van der Waals surface area contributed by atoms with Crippen molar-refractivity contribution in [1.29, 1.82) is 0 Å². The second-order valence-electron chi connectivity index (χ2n) is 10.0. The fourth-order valence-corrected chi connectivity index (χ4v) is 4.99. The number of hydrogen-bond donors (Lipinski definition) is 0. The van der Waals surface area contributed by atoms with Crippen molar-refractivity contribution >= 4 is 0 Å². The maximum Gasteiger partial charge on any atom is 0.162 e. The number of halogens is 2. The Morgan fingerprint density at radius 3 is 2.32 bits per heavy atom. The van der Waals surface area contributed by atoms with Crippen molar-refractivity contribution in [2.45, 2.75) is 91.9 Å². The molecular formula is C29H42F2. The van der Waals surface area contributed by atoms with Crippen LogP contribution in [0.1, 0.15) is 90.2 Å². The van der Waals surface area contributed by atoms with Crippen molar-refractivity contribution < 1.29 is 8.78 Å². The molecule has 1 aromatic rings. The van der Waals surface area contributed by atoms with E-state index in [0.717, 1.165) is 37.7 Å². The standard InChI is InChI=1S/C29H42F2/c1-7-9-11-22(5)12-13-25-14-15-26(28(31)27(25)30)19-24(8-2)20-29(16-10-17-29)23(6)18-21(3)4/h8,14-15,18,22,24H,2-3,7,9-13,16-17,19-20H2,1,4-6H3/b23-18+/t22-,24?/m0/s1. The predicted molar refractivity (Wildman–Crippen MR) is 130 cm³/mol. The summed E-state index contributed by atoms with van der Waals surface area (Å²) >= 11 is 0. The van der Waals surface area contributed by atoms with Gasteiger partial charge in [-0.3, -0.25) is 0 Å². The molecule has 0 heterocycles. The molecule has 0 aromatic heterocycles. The molecule has 1 aromatic carbocycles. The molecule has 0 spiro atoms. The Hall–Kier alpha value is -1.70. The van der Waals surface area contributed by atoms with Gasteiger partial charge in [-0.25, -0.2) is 8.78 Å². The molecule has 1 aliphatic rings. The van der Waals surface area contributed by atoms with Crippen molar-refractivity contribution in [1.82, 2.24) is 0 Å². The van der Waals surface area contributed by atoms with Crippen LogP contribution in [0.4, 0.5) is 8.78 Å². The van der Waals surface area contributed by atoms with E-state index in [1.54, 1.807) is 12.1 Å². The van der Waals surface area contributed by atoms with Crippen LogP contribution in [0, 0.1) is 28.9 Å². The van der Waals surface area contributed by atoms with Crippen molar-refractivity contribution in [3.05, 3.63) is 71.4 Å². The Morgan fingerprint density at radius 1 is 1.13 bits per heavy atom. The van der Waals surface area contributed by atoms with Gasteiger partial charge in [-0.05, 0) is 80.8 Å². The fraction of sp³-hybridized carbons (Fsp3) is 0.586. The van der Waals surface area contributed by atoms with E-state index in [2.05, 4.69) is 40.0 Å². The van der Waals surface area contributed by atoms with E-state index in [0.29, 0.717) is 29.9 Å². The number of allylic oxidation sites excluding steroid dienone is 4. The minimum Gasteiger partial charge on any atom is -0.203 e. The molecule has 0 aliphatic heterocycles. The van der Waals surface area contributed by atoms with Gasteiger partial charge >= 0.3 is 0 Å². The fourth-order valence-electron chi connectivity index (χ4n) is 4.99. The maximum absolute atomic E-state index is 14.9. The Balaban J connectivity index is 2.07. The van der Waals surface area contributed by atoms with Crippen molar-refractivity contribution in [2.75, 3.05) is 0 Å². The van der Waals surface area contributed by atoms with E-state index in [-0.39, 0.29) is 11.3 Å². The first kappa shape index (κ1) is 25.6. The van der Waals surface area contributed by atoms with Crippen LogP contribution in [-0.4, -0.2) is 0 Å². The highest BCUT2D eigenvalue weighted by Gasteiger charge is 2.39. The molecule has 2 heteroatoms. The van der Waals surface area contributed by atoms with Gasteiger partial charge in [-0.2, -0.15) is 0 Å². The molecule has 1 aliphatic carbocycles. The lowest BCUT2D eigenvalue weighted by Crippen LogP contribution is -2.33. The van der Waals surface area contributed by atoms with Crippen LogP contribution in [0.15, 0.2) is 48.6 Å². The van der Waals surface area contributed by atoms with Gasteiger partial charge in [0.05, 0.1) is 0 Å². The zero-order chi connectivity index (χ0) is 23.0. The van der Waals surface area contributed by atoms with E-state index < -0.39 is 11.6 Å². The molecule has 0 radical (unpaired) electrons. The number of aryl methyl sites for hydroxylation is 1. The third-order valence-electron chi connectivity index (χ3n) is 7.28. The van der Waals surface area contributed by atoms with Crippen LogP contribution in [0.2, 0.25) is 0 Å². The van der Waals surface area contributed by atoms with E-state index in [4.69, 9.17) is 0 Å². The van der Waals surface area contributed by atoms with Gasteiger partial charge in [0, 0.05) is 0 Å². The largest absolute Gasteiger partial charge is 0.203 e. The minimum atomic E-state index is -0.664. The first-order valence-electron chi connectivity index (χ1n) is 12.1. The van der Waals surface area contributed by atoms with E-state index in [1.807, 2.05) is 13.0 Å². The Bertz CT molecular complexity index is 782. The zero-order valence-electron chi connectivity index (χ0n) is 20.2. The molecule has 2 rings (SSSR count). The molecule has 0 nitrogen and oxygen atoms in total. The zero-order valence-corrected chi connectivity index (χ0v) is 20.2. The van der Waals surface area contributed by atoms with Gasteiger partial charge in [0.1, 0.15) is 0 Å². The topological polar surface area (TPSA) is 0 Å². The number of rotatable bonds is 13. The van der Waals surface area contributed by atoms with Crippen LogP contribution < -0.4 is 0 Å². The molecule has 0 saturated heterocycles. The van der Waals surface area contributed by atoms with E-state index in [9.17, 15) is 8.78 Å². The van der Waals surface area contributed by atoms with Gasteiger partial charge in [0.15, 0.2) is 11.6 Å². The number of benzene rings is 1. The summed E-state index contributed by atoms with van der Waals surface area (Å²) in [6.07, 6.45) is 14.1. The van der Waals surface area contributed by atoms with Crippen LogP contribution in [-0.2, 0) is 12.8 Å². The summed E-state index contributed by atoms with van der Waals surface area (Å²) in [6, 6.07) is 3.59. The van der Waals surface area contributed by atoms with Gasteiger partial charge < -0.3 is 0 Å². The minimum absolute atomic E-state index is 0.127. The molecule has 1 saturated carbocycles. The summed E-state index contributed by atoms with van der Waals surface area (Å²) in [6.45, 7) is 16.6. The molecule has 1 fully saturated rings. The molecule has 172 valence electrons. The Morgan fingerprint density at radius 2 is 1.77 bits per heavy atom. The second kappa shape index (κ2) is 11.8. The van der Waals surface area contributed by atoms with Crippen molar-refractivity contribution in [3.63, 3.8) is 0 Å². The third kappa shape index (κ3) is 6.89. The highest BCUT2D eigenvalue weighted by molar-refractivity contribution is 5.29. The summed E-state index contributed by atoms with van der Waals surface area (Å²) in [7, 11) is 0. The van der Waals surface area contributed by atoms with Gasteiger partial charge in [0.2, 0.25) is 0 Å². The summed E-state index contributed by atoms with van der Waals surface area (Å²) in [4.78, 5) is 0. The molecule has 0 bridgehead atoms. The first-order chi connectivity index (χ1) is 14.7. The van der Waals surface area contributed by atoms with Crippen LogP contribution in [0.5, 0.6) is 0 Å². The van der Waals surface area contributed by atoms with Crippen molar-refractivity contribution in [3.8, 4) is 0 Å². The normalized spacial score (nSPS) is 17.7. The molecule has 2 atom stereocenters. The second-order valence-corrected chi connectivity index (χ2v) is 10.0. The quantitative estimate of drug-likeness (QED) is 0.217. The van der Waals surface area contributed by atoms with Crippen molar-refractivity contribution in [2.24, 2.45) is 17.3 Å². The van der Waals surface area contributed by atoms with Gasteiger partial charge in [-0.1, -0.05) is 81.5 Å². The molecule has 1 unspecified atom stereocenters. The average Bonchev–Trinajstić information content (AvgIpc) is 2.69. The SMILES string of the molecule is C=CC(Cc1ccc(CC[C@@H](C)CCCC)c(F)c1F)CC1(/C(C)=C/C(=C)C)CCC1. The first-order valence-corrected chi connectivity index (χ1v) is 12.1. The van der Waals surface area contributed by atoms with Gasteiger partial charge in [-0.15, -0.1) is 6.58 Å². The highest BCUT2D eigenvalue weighted by atomic mass is 19.2. The summed E-state index contributed by atoms with van der Waals surface area (Å²) in [5.41, 5.74) is 3.56. The molecular weight excluding hydrogens is 386 g/mol. The smallest absolute Gasteiger partial charge is 0.162 e. The lowest BCUT2D eigenvalue weighted by molar-refractivity contribution is 0.149. The molecule has 0 N–H and O–H groups in total. The predicted octanol–water partition coefficient (Wildman–Crippen LogP) is 9.15. The molecule has 31 heavy (non-hydrogen) atoms. The summed E-state index contributed by atoms with van der Waals surface area (Å²) in [5.74, 6) is -0.647. The summed E-state index contributed by atoms with van der Waals surface area (Å²) < 4.78 is 29.7. The number of unbranched alkanes of at least 4 members (excludes halogenated alkanes) is 1. The Kier molecular flexibility index (Phi) is 9.72. The van der Waals surface area contributed by atoms with Crippen LogP contribution in [0.25, 0.3) is 0 Å². The average molecular weight is 429 g/mol. The lowest BCUT2D eigenvalue weighted by Gasteiger charge is -2.45. The number of hydrogen-bond acceptors (Lipinski definition) is 0. The third-order valence-corrected chi connectivity index (χ3v) is 7.28. The summed E-state index contributed by atoms with van der Waals surface area (Å²) in [5, 5.41) is 0. The van der Waals surface area contributed by atoms with E-state index in [1.165, 1.54) is 24.8 Å². The van der Waals surface area contributed by atoms with Crippen LogP contribution >= 0.6 is 0 Å². The van der Waals surface area contributed by atoms with Gasteiger partial charge in [0.25, 0.3) is 0 Å². The Labute approximate surface area is 189 Å². The highest BCUT2D eigenvalue weighted by Crippen LogP contribution is 2.52.